The van der Waals surface area contributed by atoms with E-state index < -0.39 is 0 Å². The molecule has 2 atom stereocenters. The van der Waals surface area contributed by atoms with Crippen molar-refractivity contribution in [1.29, 1.82) is 0 Å². The van der Waals surface area contributed by atoms with Crippen molar-refractivity contribution >= 4 is 5.91 Å². The van der Waals surface area contributed by atoms with Crippen LogP contribution >= 0.6 is 0 Å². The number of nitrogens with one attached hydrogen (secondary N) is 2. The zero-order chi connectivity index (χ0) is 12.4. The first kappa shape index (κ1) is 11.9. The fourth-order valence-corrected chi connectivity index (χ4v) is 2.37. The molecule has 0 radical (unpaired) electrons. The van der Waals surface area contributed by atoms with Gasteiger partial charge in [0, 0.05) is 13.1 Å². The molecular formula is C13H18N2O2. The van der Waals surface area contributed by atoms with Crippen molar-refractivity contribution < 1.29 is 9.90 Å². The van der Waals surface area contributed by atoms with Gasteiger partial charge in [-0.2, -0.15) is 0 Å². The predicted octanol–water partition coefficient (Wildman–Crippen LogP) is 1.10. The van der Waals surface area contributed by atoms with E-state index >= 15 is 0 Å². The van der Waals surface area contributed by atoms with E-state index in [9.17, 15) is 9.90 Å². The average molecular weight is 234 g/mol. The Kier molecular flexibility index (Phi) is 3.33. The summed E-state index contributed by atoms with van der Waals surface area (Å²) >= 11 is 0. The van der Waals surface area contributed by atoms with Gasteiger partial charge in [0.05, 0.1) is 6.04 Å². The van der Waals surface area contributed by atoms with Crippen LogP contribution in [0.1, 0.15) is 30.5 Å². The zero-order valence-electron chi connectivity index (χ0n) is 10.2. The first-order valence-electron chi connectivity index (χ1n) is 5.91. The standard InChI is InChI=1S/C13H18N2O2/c1-8(13(17)14-2)15-12-6-3-9-7-10(16)4-5-11(9)12/h4-5,7-8,12,15-16H,3,6H2,1-2H3,(H,14,17). The highest BCUT2D eigenvalue weighted by Gasteiger charge is 2.25. The molecule has 1 aliphatic rings. The van der Waals surface area contributed by atoms with Crippen LogP contribution in [0.15, 0.2) is 18.2 Å². The van der Waals surface area contributed by atoms with Crippen molar-refractivity contribution in [3.05, 3.63) is 29.3 Å². The molecule has 1 aromatic carbocycles. The largest absolute Gasteiger partial charge is 0.508 e. The van der Waals surface area contributed by atoms with Crippen molar-refractivity contribution in [1.82, 2.24) is 10.6 Å². The SMILES string of the molecule is CNC(=O)C(C)NC1CCc2cc(O)ccc21. The molecule has 2 rings (SSSR count). The van der Waals surface area contributed by atoms with Crippen LogP contribution in [0.4, 0.5) is 0 Å². The van der Waals surface area contributed by atoms with Crippen LogP contribution in [0.2, 0.25) is 0 Å². The number of carbonyl (C=O) groups excluding carboxylic acids is 1. The first-order chi connectivity index (χ1) is 8.11. The molecule has 0 bridgehead atoms. The zero-order valence-corrected chi connectivity index (χ0v) is 10.2. The van der Waals surface area contributed by atoms with E-state index in [2.05, 4.69) is 10.6 Å². The smallest absolute Gasteiger partial charge is 0.236 e. The molecule has 0 fully saturated rings. The molecule has 2 unspecified atom stereocenters. The van der Waals surface area contributed by atoms with E-state index in [1.165, 1.54) is 11.1 Å². The minimum Gasteiger partial charge on any atom is -0.508 e. The number of rotatable bonds is 3. The highest BCUT2D eigenvalue weighted by atomic mass is 16.3. The Morgan fingerprint density at radius 2 is 2.29 bits per heavy atom. The summed E-state index contributed by atoms with van der Waals surface area (Å²) in [6.45, 7) is 1.86. The molecule has 1 amide bonds. The van der Waals surface area contributed by atoms with Gasteiger partial charge in [-0.25, -0.2) is 0 Å². The third-order valence-corrected chi connectivity index (χ3v) is 3.30. The topological polar surface area (TPSA) is 61.4 Å². The minimum absolute atomic E-state index is 0.00257. The molecule has 17 heavy (non-hydrogen) atoms. The lowest BCUT2D eigenvalue weighted by atomic mass is 10.1. The Labute approximate surface area is 101 Å². The van der Waals surface area contributed by atoms with Crippen LogP contribution in [0, 0.1) is 0 Å². The molecule has 0 spiro atoms. The number of phenolic OH excluding ortho intramolecular Hbond substituents is 1. The number of fused-ring (bicyclic) bond motifs is 1. The van der Waals surface area contributed by atoms with Gasteiger partial charge in [0.15, 0.2) is 0 Å². The summed E-state index contributed by atoms with van der Waals surface area (Å²) in [5.74, 6) is 0.306. The van der Waals surface area contributed by atoms with Crippen LogP contribution < -0.4 is 10.6 Å². The molecule has 0 saturated heterocycles. The second kappa shape index (κ2) is 4.75. The highest BCUT2D eigenvalue weighted by Crippen LogP contribution is 2.33. The lowest BCUT2D eigenvalue weighted by molar-refractivity contribution is -0.122. The minimum atomic E-state index is -0.204. The maximum atomic E-state index is 11.5. The molecule has 0 saturated carbocycles. The lowest BCUT2D eigenvalue weighted by Gasteiger charge is -2.19. The molecule has 0 heterocycles. The van der Waals surface area contributed by atoms with Gasteiger partial charge < -0.3 is 10.4 Å². The second-order valence-electron chi connectivity index (χ2n) is 4.48. The van der Waals surface area contributed by atoms with Gasteiger partial charge in [-0.3, -0.25) is 10.1 Å². The molecule has 92 valence electrons. The number of hydrogen-bond acceptors (Lipinski definition) is 3. The van der Waals surface area contributed by atoms with Gasteiger partial charge in [-0.05, 0) is 43.0 Å². The van der Waals surface area contributed by atoms with E-state index in [4.69, 9.17) is 0 Å². The summed E-state index contributed by atoms with van der Waals surface area (Å²) in [6.07, 6.45) is 1.92. The third-order valence-electron chi connectivity index (χ3n) is 3.30. The summed E-state index contributed by atoms with van der Waals surface area (Å²) in [5, 5.41) is 15.3. The van der Waals surface area contributed by atoms with Gasteiger partial charge in [0.2, 0.25) is 5.91 Å². The Bertz CT molecular complexity index is 431. The summed E-state index contributed by atoms with van der Waals surface area (Å²) in [5.41, 5.74) is 2.37. The van der Waals surface area contributed by atoms with Gasteiger partial charge in [0.1, 0.15) is 5.75 Å². The molecule has 1 aliphatic carbocycles. The monoisotopic (exact) mass is 234 g/mol. The molecular weight excluding hydrogens is 216 g/mol. The van der Waals surface area contributed by atoms with Gasteiger partial charge in [-0.15, -0.1) is 0 Å². The summed E-state index contributed by atoms with van der Waals surface area (Å²) in [4.78, 5) is 11.5. The number of likely N-dealkylation sites (N-methyl/N-ethyl adjacent to an activating group) is 1. The maximum absolute atomic E-state index is 11.5. The average Bonchev–Trinajstić information content (AvgIpc) is 2.70. The number of benzene rings is 1. The second-order valence-corrected chi connectivity index (χ2v) is 4.48. The summed E-state index contributed by atoms with van der Waals surface area (Å²) < 4.78 is 0. The summed E-state index contributed by atoms with van der Waals surface area (Å²) in [6, 6.07) is 5.44. The van der Waals surface area contributed by atoms with Crippen molar-refractivity contribution in [3.8, 4) is 5.75 Å². The number of aromatic hydroxyl groups is 1. The number of aryl methyl sites for hydroxylation is 1. The quantitative estimate of drug-likeness (QED) is 0.734. The molecule has 1 aromatic rings. The molecule has 4 nitrogen and oxygen atoms in total. The van der Waals surface area contributed by atoms with E-state index in [0.29, 0.717) is 5.75 Å². The number of hydrogen-bond donors (Lipinski definition) is 3. The molecule has 4 heteroatoms. The highest BCUT2D eigenvalue weighted by molar-refractivity contribution is 5.81. The van der Waals surface area contributed by atoms with Crippen LogP contribution in [0.5, 0.6) is 5.75 Å². The Morgan fingerprint density at radius 1 is 1.53 bits per heavy atom. The first-order valence-corrected chi connectivity index (χ1v) is 5.91. The summed E-state index contributed by atoms with van der Waals surface area (Å²) in [7, 11) is 1.64. The van der Waals surface area contributed by atoms with Crippen molar-refractivity contribution in [2.75, 3.05) is 7.05 Å². The lowest BCUT2D eigenvalue weighted by Crippen LogP contribution is -2.41. The van der Waals surface area contributed by atoms with Crippen LogP contribution in [-0.2, 0) is 11.2 Å². The van der Waals surface area contributed by atoms with E-state index in [-0.39, 0.29) is 18.0 Å². The van der Waals surface area contributed by atoms with E-state index in [1.54, 1.807) is 13.1 Å². The fourth-order valence-electron chi connectivity index (χ4n) is 2.37. The van der Waals surface area contributed by atoms with Gasteiger partial charge >= 0.3 is 0 Å². The molecule has 3 N–H and O–H groups in total. The Balaban J connectivity index is 2.09. The van der Waals surface area contributed by atoms with E-state index in [1.807, 2.05) is 19.1 Å². The Morgan fingerprint density at radius 3 is 3.00 bits per heavy atom. The number of carbonyl (C=O) groups is 1. The normalized spacial score (nSPS) is 19.8. The maximum Gasteiger partial charge on any atom is 0.236 e. The van der Waals surface area contributed by atoms with Gasteiger partial charge in [-0.1, -0.05) is 6.07 Å². The number of amides is 1. The van der Waals surface area contributed by atoms with Gasteiger partial charge in [0.25, 0.3) is 0 Å². The van der Waals surface area contributed by atoms with Crippen LogP contribution in [0.25, 0.3) is 0 Å². The van der Waals surface area contributed by atoms with Crippen molar-refractivity contribution in [3.63, 3.8) is 0 Å². The molecule has 0 aromatic heterocycles. The molecule has 0 aliphatic heterocycles. The number of phenols is 1. The fraction of sp³-hybridized carbons (Fsp3) is 0.462. The van der Waals surface area contributed by atoms with Crippen LogP contribution in [-0.4, -0.2) is 24.1 Å². The van der Waals surface area contributed by atoms with Crippen molar-refractivity contribution in [2.24, 2.45) is 0 Å². The van der Waals surface area contributed by atoms with Crippen molar-refractivity contribution in [2.45, 2.75) is 31.8 Å². The predicted molar refractivity (Wildman–Crippen MR) is 65.8 cm³/mol. The third kappa shape index (κ3) is 2.42. The Hall–Kier alpha value is -1.55. The van der Waals surface area contributed by atoms with Crippen LogP contribution in [0.3, 0.4) is 0 Å². The van der Waals surface area contributed by atoms with E-state index in [0.717, 1.165) is 12.8 Å².